The molecule has 0 aromatic carbocycles. The van der Waals surface area contributed by atoms with Crippen LogP contribution in [0.1, 0.15) is 26.7 Å². The van der Waals surface area contributed by atoms with Crippen LogP contribution in [0.3, 0.4) is 0 Å². The molecule has 5 nitrogen and oxygen atoms in total. The van der Waals surface area contributed by atoms with Gasteiger partial charge < -0.3 is 16.6 Å². The summed E-state index contributed by atoms with van der Waals surface area (Å²) in [6.45, 7) is 4.26. The molecule has 0 heterocycles. The molecular formula is C10H21Cl2N3O2. The summed E-state index contributed by atoms with van der Waals surface area (Å²) >= 11 is 0. The maximum atomic E-state index is 10.4. The second kappa shape index (κ2) is 11.7. The number of carbonyl (C=O) groups is 1. The van der Waals surface area contributed by atoms with Crippen molar-refractivity contribution in [3.8, 4) is 0 Å². The number of halogens is 2. The average molecular weight is 286 g/mol. The van der Waals surface area contributed by atoms with E-state index < -0.39 is 12.0 Å². The van der Waals surface area contributed by atoms with E-state index in [2.05, 4.69) is 4.99 Å². The highest BCUT2D eigenvalue weighted by Gasteiger charge is 2.07. The Kier molecular flexibility index (Phi) is 14.8. The molecular weight excluding hydrogens is 265 g/mol. The van der Waals surface area contributed by atoms with E-state index >= 15 is 0 Å². The SMILES string of the molecule is CC(N)=NCCC/C(C)=C\C(N)C(=O)O.Cl.Cl. The fourth-order valence-electron chi connectivity index (χ4n) is 1.07. The van der Waals surface area contributed by atoms with Crippen LogP contribution in [-0.4, -0.2) is 29.5 Å². The third kappa shape index (κ3) is 13.2. The smallest absolute Gasteiger partial charge is 0.324 e. The molecule has 102 valence electrons. The number of rotatable bonds is 6. The lowest BCUT2D eigenvalue weighted by Crippen LogP contribution is -2.27. The van der Waals surface area contributed by atoms with Crippen LogP contribution in [0.25, 0.3) is 0 Å². The van der Waals surface area contributed by atoms with Gasteiger partial charge in [0.1, 0.15) is 6.04 Å². The van der Waals surface area contributed by atoms with Crippen molar-refractivity contribution in [2.75, 3.05) is 6.54 Å². The van der Waals surface area contributed by atoms with Crippen molar-refractivity contribution in [3.63, 3.8) is 0 Å². The summed E-state index contributed by atoms with van der Waals surface area (Å²) in [5.74, 6) is -0.441. The first-order valence-electron chi connectivity index (χ1n) is 4.85. The first-order chi connectivity index (χ1) is 6.93. The minimum absolute atomic E-state index is 0. The van der Waals surface area contributed by atoms with Crippen LogP contribution in [0.15, 0.2) is 16.6 Å². The Labute approximate surface area is 114 Å². The van der Waals surface area contributed by atoms with Crippen molar-refractivity contribution in [3.05, 3.63) is 11.6 Å². The van der Waals surface area contributed by atoms with Gasteiger partial charge in [-0.25, -0.2) is 0 Å². The zero-order valence-corrected chi connectivity index (χ0v) is 11.7. The molecule has 0 saturated carbocycles. The number of aliphatic imine (C=N–C) groups is 1. The lowest BCUT2D eigenvalue weighted by Gasteiger charge is -2.03. The summed E-state index contributed by atoms with van der Waals surface area (Å²) in [6.07, 6.45) is 3.20. The molecule has 0 saturated heterocycles. The van der Waals surface area contributed by atoms with E-state index in [0.29, 0.717) is 12.4 Å². The largest absolute Gasteiger partial charge is 0.480 e. The van der Waals surface area contributed by atoms with Crippen LogP contribution in [-0.2, 0) is 4.79 Å². The highest BCUT2D eigenvalue weighted by molar-refractivity contribution is 5.85. The summed E-state index contributed by atoms with van der Waals surface area (Å²) in [7, 11) is 0. The van der Waals surface area contributed by atoms with E-state index in [1.54, 1.807) is 13.0 Å². The molecule has 0 rings (SSSR count). The molecule has 0 aliphatic rings. The number of carboxylic acid groups (broad SMARTS) is 1. The molecule has 0 bridgehead atoms. The minimum Gasteiger partial charge on any atom is -0.480 e. The molecule has 0 radical (unpaired) electrons. The van der Waals surface area contributed by atoms with Gasteiger partial charge in [-0.2, -0.15) is 0 Å². The second-order valence-corrected chi connectivity index (χ2v) is 3.50. The number of aliphatic carboxylic acids is 1. The van der Waals surface area contributed by atoms with E-state index in [1.807, 2.05) is 6.92 Å². The van der Waals surface area contributed by atoms with Crippen LogP contribution in [0, 0.1) is 0 Å². The molecule has 0 aromatic heterocycles. The van der Waals surface area contributed by atoms with Crippen molar-refractivity contribution in [1.82, 2.24) is 0 Å². The number of hydrogen-bond acceptors (Lipinski definition) is 3. The van der Waals surface area contributed by atoms with E-state index in [4.69, 9.17) is 16.6 Å². The van der Waals surface area contributed by atoms with Gasteiger partial charge >= 0.3 is 5.97 Å². The van der Waals surface area contributed by atoms with E-state index in [9.17, 15) is 4.79 Å². The molecule has 0 fully saturated rings. The average Bonchev–Trinajstić information content (AvgIpc) is 2.12. The monoisotopic (exact) mass is 285 g/mol. The Morgan fingerprint density at radius 1 is 1.41 bits per heavy atom. The predicted molar refractivity (Wildman–Crippen MR) is 75.3 cm³/mol. The Balaban J connectivity index is -0.000000980. The van der Waals surface area contributed by atoms with Gasteiger partial charge in [0.15, 0.2) is 0 Å². The molecule has 0 spiro atoms. The number of allylic oxidation sites excluding steroid dienone is 1. The second-order valence-electron chi connectivity index (χ2n) is 3.50. The summed E-state index contributed by atoms with van der Waals surface area (Å²) in [6, 6.07) is -0.912. The molecule has 0 amide bonds. The maximum Gasteiger partial charge on any atom is 0.324 e. The van der Waals surface area contributed by atoms with Gasteiger partial charge in [0, 0.05) is 6.54 Å². The van der Waals surface area contributed by atoms with Crippen LogP contribution < -0.4 is 11.5 Å². The highest BCUT2D eigenvalue weighted by atomic mass is 35.5. The van der Waals surface area contributed by atoms with Crippen molar-refractivity contribution in [1.29, 1.82) is 0 Å². The van der Waals surface area contributed by atoms with Gasteiger partial charge in [0.25, 0.3) is 0 Å². The van der Waals surface area contributed by atoms with Crippen molar-refractivity contribution in [2.24, 2.45) is 16.5 Å². The summed E-state index contributed by atoms with van der Waals surface area (Å²) in [5.41, 5.74) is 11.7. The molecule has 0 aromatic rings. The van der Waals surface area contributed by atoms with Gasteiger partial charge in [-0.3, -0.25) is 9.79 Å². The molecule has 1 unspecified atom stereocenters. The standard InChI is InChI=1S/C10H19N3O2.2ClH/c1-7(6-9(12)10(14)15)4-3-5-13-8(2)11;;/h6,9H,3-5,12H2,1-2H3,(H2,11,13)(H,14,15);2*1H/b7-6-;;. The predicted octanol–water partition coefficient (Wildman–Crippen LogP) is 1.35. The Morgan fingerprint density at radius 3 is 2.35 bits per heavy atom. The van der Waals surface area contributed by atoms with E-state index in [-0.39, 0.29) is 24.8 Å². The van der Waals surface area contributed by atoms with Crippen molar-refractivity contribution in [2.45, 2.75) is 32.7 Å². The van der Waals surface area contributed by atoms with Gasteiger partial charge in [-0.15, -0.1) is 24.8 Å². The maximum absolute atomic E-state index is 10.4. The molecule has 5 N–H and O–H groups in total. The molecule has 0 aliphatic carbocycles. The normalized spacial score (nSPS) is 13.4. The van der Waals surface area contributed by atoms with Gasteiger partial charge in [0.05, 0.1) is 5.84 Å². The van der Waals surface area contributed by atoms with Crippen molar-refractivity contribution >= 4 is 36.6 Å². The first kappa shape index (κ1) is 21.5. The third-order valence-electron chi connectivity index (χ3n) is 1.84. The molecule has 17 heavy (non-hydrogen) atoms. The quantitative estimate of drug-likeness (QED) is 0.297. The Bertz CT molecular complexity index is 277. The zero-order valence-electron chi connectivity index (χ0n) is 10.0. The molecule has 0 aliphatic heterocycles. The Morgan fingerprint density at radius 2 is 1.94 bits per heavy atom. The lowest BCUT2D eigenvalue weighted by atomic mass is 10.1. The van der Waals surface area contributed by atoms with E-state index in [1.165, 1.54) is 0 Å². The zero-order chi connectivity index (χ0) is 11.8. The number of amidine groups is 1. The van der Waals surface area contributed by atoms with Crippen LogP contribution >= 0.6 is 24.8 Å². The minimum atomic E-state index is -1.01. The fraction of sp³-hybridized carbons (Fsp3) is 0.600. The van der Waals surface area contributed by atoms with Crippen molar-refractivity contribution < 1.29 is 9.90 Å². The lowest BCUT2D eigenvalue weighted by molar-refractivity contribution is -0.137. The number of nitrogens with two attached hydrogens (primary N) is 2. The summed E-state index contributed by atoms with van der Waals surface area (Å²) in [4.78, 5) is 14.5. The van der Waals surface area contributed by atoms with Crippen LogP contribution in [0.2, 0.25) is 0 Å². The Hall–Kier alpha value is -0.780. The van der Waals surface area contributed by atoms with Crippen LogP contribution in [0.5, 0.6) is 0 Å². The summed E-state index contributed by atoms with van der Waals surface area (Å²) in [5, 5.41) is 8.57. The number of nitrogens with zero attached hydrogens (tertiary/aromatic N) is 1. The summed E-state index contributed by atoms with van der Waals surface area (Å²) < 4.78 is 0. The van der Waals surface area contributed by atoms with Crippen LogP contribution in [0.4, 0.5) is 0 Å². The molecule has 1 atom stereocenters. The fourth-order valence-corrected chi connectivity index (χ4v) is 1.07. The highest BCUT2D eigenvalue weighted by Crippen LogP contribution is 2.04. The van der Waals surface area contributed by atoms with Gasteiger partial charge in [-0.1, -0.05) is 11.6 Å². The van der Waals surface area contributed by atoms with E-state index in [0.717, 1.165) is 18.4 Å². The third-order valence-corrected chi connectivity index (χ3v) is 1.84. The first-order valence-corrected chi connectivity index (χ1v) is 4.85. The van der Waals surface area contributed by atoms with Gasteiger partial charge in [-0.05, 0) is 26.7 Å². The number of carboxylic acids is 1. The molecule has 7 heteroatoms. The topological polar surface area (TPSA) is 102 Å². The number of hydrogen-bond donors (Lipinski definition) is 3. The van der Waals surface area contributed by atoms with Gasteiger partial charge in [0.2, 0.25) is 0 Å².